The van der Waals surface area contributed by atoms with E-state index < -0.39 is 12.0 Å². The fraction of sp³-hybridized carbons (Fsp3) is 0.333. The van der Waals surface area contributed by atoms with Gasteiger partial charge in [0.15, 0.2) is 6.04 Å². The van der Waals surface area contributed by atoms with Crippen LogP contribution in [0.1, 0.15) is 18.5 Å². The average Bonchev–Trinajstić information content (AvgIpc) is 2.29. The SMILES string of the molecule is CSc1ccc(C(C(=O)O)N(C)C(C)=O)cc1. The van der Waals surface area contributed by atoms with Gasteiger partial charge in [-0.25, -0.2) is 4.79 Å². The molecule has 5 heteroatoms. The molecule has 0 aromatic heterocycles. The molecule has 0 aliphatic heterocycles. The van der Waals surface area contributed by atoms with Crippen LogP contribution in [0.3, 0.4) is 0 Å². The highest BCUT2D eigenvalue weighted by molar-refractivity contribution is 7.98. The predicted octanol–water partition coefficient (Wildman–Crippen LogP) is 2.01. The smallest absolute Gasteiger partial charge is 0.331 e. The minimum absolute atomic E-state index is 0.272. The molecule has 4 nitrogen and oxygen atoms in total. The maximum Gasteiger partial charge on any atom is 0.331 e. The van der Waals surface area contributed by atoms with Gasteiger partial charge >= 0.3 is 5.97 Å². The topological polar surface area (TPSA) is 57.6 Å². The summed E-state index contributed by atoms with van der Waals surface area (Å²) in [6, 6.07) is 6.26. The van der Waals surface area contributed by atoms with Crippen molar-refractivity contribution >= 4 is 23.6 Å². The zero-order valence-electron chi connectivity index (χ0n) is 10.0. The van der Waals surface area contributed by atoms with Gasteiger partial charge in [-0.05, 0) is 24.0 Å². The molecular formula is C12H15NO3S. The number of benzene rings is 1. The Hall–Kier alpha value is -1.49. The Balaban J connectivity index is 3.05. The van der Waals surface area contributed by atoms with E-state index >= 15 is 0 Å². The number of hydrogen-bond donors (Lipinski definition) is 1. The van der Waals surface area contributed by atoms with Crippen LogP contribution in [-0.4, -0.2) is 35.2 Å². The molecule has 0 fully saturated rings. The second kappa shape index (κ2) is 5.72. The lowest BCUT2D eigenvalue weighted by atomic mass is 10.1. The first-order valence-electron chi connectivity index (χ1n) is 5.07. The van der Waals surface area contributed by atoms with Gasteiger partial charge in [0, 0.05) is 18.9 Å². The Morgan fingerprint density at radius 1 is 1.29 bits per heavy atom. The summed E-state index contributed by atoms with van der Waals surface area (Å²) in [6.07, 6.45) is 1.95. The minimum Gasteiger partial charge on any atom is -0.479 e. The molecule has 17 heavy (non-hydrogen) atoms. The second-order valence-corrected chi connectivity index (χ2v) is 4.52. The fourth-order valence-electron chi connectivity index (χ4n) is 1.50. The van der Waals surface area contributed by atoms with Crippen molar-refractivity contribution in [3.05, 3.63) is 29.8 Å². The summed E-state index contributed by atoms with van der Waals surface area (Å²) >= 11 is 1.58. The number of hydrogen-bond acceptors (Lipinski definition) is 3. The van der Waals surface area contributed by atoms with Crippen molar-refractivity contribution in [1.82, 2.24) is 4.90 Å². The number of carboxylic acids is 1. The summed E-state index contributed by atoms with van der Waals surface area (Å²) in [6.45, 7) is 1.35. The Morgan fingerprint density at radius 2 is 1.82 bits per heavy atom. The van der Waals surface area contributed by atoms with Gasteiger partial charge in [0.05, 0.1) is 0 Å². The van der Waals surface area contributed by atoms with E-state index in [1.165, 1.54) is 18.9 Å². The van der Waals surface area contributed by atoms with Gasteiger partial charge in [0.25, 0.3) is 0 Å². The third-order valence-corrected chi connectivity index (χ3v) is 3.29. The van der Waals surface area contributed by atoms with Crippen LogP contribution in [0.5, 0.6) is 0 Å². The van der Waals surface area contributed by atoms with E-state index in [-0.39, 0.29) is 5.91 Å². The number of rotatable bonds is 4. The van der Waals surface area contributed by atoms with Crippen molar-refractivity contribution in [2.75, 3.05) is 13.3 Å². The summed E-state index contributed by atoms with van der Waals surface area (Å²) in [7, 11) is 1.49. The van der Waals surface area contributed by atoms with Crippen LogP contribution < -0.4 is 0 Å². The maximum atomic E-state index is 11.2. The van der Waals surface area contributed by atoms with E-state index in [4.69, 9.17) is 0 Å². The summed E-state index contributed by atoms with van der Waals surface area (Å²) in [5.74, 6) is -1.30. The van der Waals surface area contributed by atoms with Crippen LogP contribution in [0, 0.1) is 0 Å². The van der Waals surface area contributed by atoms with Gasteiger partial charge < -0.3 is 10.0 Å². The molecule has 1 amide bonds. The summed E-state index contributed by atoms with van der Waals surface area (Å²) in [5, 5.41) is 9.17. The number of nitrogens with zero attached hydrogens (tertiary/aromatic N) is 1. The number of likely N-dealkylation sites (N-methyl/N-ethyl adjacent to an activating group) is 1. The van der Waals surface area contributed by atoms with Crippen molar-refractivity contribution in [2.24, 2.45) is 0 Å². The van der Waals surface area contributed by atoms with Gasteiger partial charge in [-0.1, -0.05) is 12.1 Å². The molecule has 0 spiro atoms. The molecular weight excluding hydrogens is 238 g/mol. The summed E-state index contributed by atoms with van der Waals surface area (Å²) in [4.78, 5) is 24.7. The van der Waals surface area contributed by atoms with Crippen LogP contribution >= 0.6 is 11.8 Å². The van der Waals surface area contributed by atoms with Crippen LogP contribution in [0.2, 0.25) is 0 Å². The zero-order valence-corrected chi connectivity index (χ0v) is 10.8. The second-order valence-electron chi connectivity index (χ2n) is 3.64. The van der Waals surface area contributed by atoms with E-state index in [2.05, 4.69) is 0 Å². The third kappa shape index (κ3) is 3.23. The van der Waals surface area contributed by atoms with Crippen LogP contribution in [0.25, 0.3) is 0 Å². The first-order valence-corrected chi connectivity index (χ1v) is 6.30. The van der Waals surface area contributed by atoms with Gasteiger partial charge in [-0.15, -0.1) is 11.8 Å². The highest BCUT2D eigenvalue weighted by Crippen LogP contribution is 2.23. The molecule has 1 rings (SSSR count). The van der Waals surface area contributed by atoms with E-state index in [0.29, 0.717) is 5.56 Å². The first kappa shape index (κ1) is 13.6. The van der Waals surface area contributed by atoms with Crippen molar-refractivity contribution in [3.63, 3.8) is 0 Å². The molecule has 1 unspecified atom stereocenters. The lowest BCUT2D eigenvalue weighted by molar-refractivity contribution is -0.148. The van der Waals surface area contributed by atoms with E-state index in [1.54, 1.807) is 23.9 Å². The summed E-state index contributed by atoms with van der Waals surface area (Å²) in [5.41, 5.74) is 0.605. The predicted molar refractivity (Wildman–Crippen MR) is 67.0 cm³/mol. The first-order chi connectivity index (χ1) is 7.97. The lowest BCUT2D eigenvalue weighted by Gasteiger charge is -2.23. The largest absolute Gasteiger partial charge is 0.479 e. The number of carboxylic acid groups (broad SMARTS) is 1. The van der Waals surface area contributed by atoms with E-state index in [0.717, 1.165) is 4.90 Å². The molecule has 0 bridgehead atoms. The fourth-order valence-corrected chi connectivity index (χ4v) is 1.91. The highest BCUT2D eigenvalue weighted by atomic mass is 32.2. The molecule has 0 aliphatic rings. The van der Waals surface area contributed by atoms with Gasteiger partial charge in [-0.2, -0.15) is 0 Å². The third-order valence-electron chi connectivity index (χ3n) is 2.55. The number of aliphatic carboxylic acids is 1. The van der Waals surface area contributed by atoms with Gasteiger partial charge in [-0.3, -0.25) is 4.79 Å². The van der Waals surface area contributed by atoms with Crippen LogP contribution in [0.4, 0.5) is 0 Å². The molecule has 0 heterocycles. The molecule has 0 radical (unpaired) electrons. The molecule has 92 valence electrons. The molecule has 1 aromatic rings. The van der Waals surface area contributed by atoms with Crippen molar-refractivity contribution in [2.45, 2.75) is 17.9 Å². The molecule has 0 saturated heterocycles. The van der Waals surface area contributed by atoms with E-state index in [1.807, 2.05) is 18.4 Å². The van der Waals surface area contributed by atoms with E-state index in [9.17, 15) is 14.7 Å². The Bertz CT molecular complexity index is 416. The standard InChI is InChI=1S/C12H15NO3S/c1-8(14)13(2)11(12(15)16)9-4-6-10(17-3)7-5-9/h4-7,11H,1-3H3,(H,15,16). The number of amides is 1. The normalized spacial score (nSPS) is 11.9. The minimum atomic E-state index is -1.03. The average molecular weight is 253 g/mol. The monoisotopic (exact) mass is 253 g/mol. The maximum absolute atomic E-state index is 11.2. The molecule has 1 N–H and O–H groups in total. The molecule has 1 atom stereocenters. The summed E-state index contributed by atoms with van der Waals surface area (Å²) < 4.78 is 0. The van der Waals surface area contributed by atoms with Crippen molar-refractivity contribution in [3.8, 4) is 0 Å². The Kier molecular flexibility index (Phi) is 4.57. The Labute approximate surface area is 105 Å². The number of carbonyl (C=O) groups excluding carboxylic acids is 1. The van der Waals surface area contributed by atoms with Gasteiger partial charge in [0.2, 0.25) is 5.91 Å². The van der Waals surface area contributed by atoms with Crippen LogP contribution in [0.15, 0.2) is 29.2 Å². The lowest BCUT2D eigenvalue weighted by Crippen LogP contribution is -2.34. The number of carbonyl (C=O) groups is 2. The molecule has 0 saturated carbocycles. The molecule has 0 aliphatic carbocycles. The van der Waals surface area contributed by atoms with Crippen molar-refractivity contribution in [1.29, 1.82) is 0 Å². The van der Waals surface area contributed by atoms with Crippen LogP contribution in [-0.2, 0) is 9.59 Å². The van der Waals surface area contributed by atoms with Gasteiger partial charge in [0.1, 0.15) is 0 Å². The van der Waals surface area contributed by atoms with Crippen molar-refractivity contribution < 1.29 is 14.7 Å². The zero-order chi connectivity index (χ0) is 13.0. The Morgan fingerprint density at radius 3 is 2.18 bits per heavy atom. The quantitative estimate of drug-likeness (QED) is 0.834. The molecule has 1 aromatic carbocycles. The number of thioether (sulfide) groups is 1. The highest BCUT2D eigenvalue weighted by Gasteiger charge is 2.26.